The molecule has 2 atom stereocenters. The summed E-state index contributed by atoms with van der Waals surface area (Å²) in [7, 11) is 0. The number of aliphatic hydroxyl groups excluding tert-OH is 2. The normalized spacial score (nSPS) is 18.0. The fourth-order valence-corrected chi connectivity index (χ4v) is 0.773. The van der Waals surface area contributed by atoms with E-state index < -0.39 is 30.7 Å². The smallest absolute Gasteiger partial charge is 0.395 e. The summed E-state index contributed by atoms with van der Waals surface area (Å²) in [5.74, 6) is -2.05. The lowest BCUT2D eigenvalue weighted by atomic mass is 10.1. The summed E-state index contributed by atoms with van der Waals surface area (Å²) in [6.45, 7) is -1.90. The average molecular weight is 193 g/mol. The highest BCUT2D eigenvalue weighted by Crippen LogP contribution is 2.30. The Bertz CT molecular complexity index is 117. The van der Waals surface area contributed by atoms with Crippen LogP contribution in [-0.4, -0.2) is 35.0 Å². The Balaban J connectivity index is 4.16. The van der Waals surface area contributed by atoms with Crippen LogP contribution >= 0.6 is 11.6 Å². The van der Waals surface area contributed by atoms with Crippen LogP contribution in [0.2, 0.25) is 0 Å². The Morgan fingerprint density at radius 3 is 1.73 bits per heavy atom. The minimum Gasteiger partial charge on any atom is -0.396 e. The maximum Gasteiger partial charge on any atom is 0.395 e. The van der Waals surface area contributed by atoms with Crippen molar-refractivity contribution in [1.82, 2.24) is 0 Å². The zero-order chi connectivity index (χ0) is 9.07. The first kappa shape index (κ1) is 11.0. The van der Waals surface area contributed by atoms with Crippen LogP contribution < -0.4 is 0 Å². The predicted octanol–water partition coefficient (Wildman–Crippen LogP) is 0.757. The van der Waals surface area contributed by atoms with Gasteiger partial charge in [0.1, 0.15) is 0 Å². The maximum absolute atomic E-state index is 11.8. The predicted molar refractivity (Wildman–Crippen MR) is 33.4 cm³/mol. The van der Waals surface area contributed by atoms with Gasteiger partial charge < -0.3 is 10.2 Å². The summed E-state index contributed by atoms with van der Waals surface area (Å²) in [6.07, 6.45) is -4.55. The van der Waals surface area contributed by atoms with Gasteiger partial charge in [-0.15, -0.1) is 11.6 Å². The van der Waals surface area contributed by atoms with Gasteiger partial charge in [-0.2, -0.15) is 13.2 Å². The molecule has 0 fully saturated rings. The number of hydrogen-bond donors (Lipinski definition) is 2. The third-order valence-electron chi connectivity index (χ3n) is 1.23. The number of halogens is 4. The van der Waals surface area contributed by atoms with E-state index in [4.69, 9.17) is 21.8 Å². The van der Waals surface area contributed by atoms with Crippen LogP contribution in [0.4, 0.5) is 13.2 Å². The molecule has 0 aliphatic carbocycles. The molecular weight excluding hydrogens is 184 g/mol. The number of aliphatic hydroxyl groups is 2. The topological polar surface area (TPSA) is 40.5 Å². The lowest BCUT2D eigenvalue weighted by Crippen LogP contribution is -2.35. The van der Waals surface area contributed by atoms with Crippen LogP contribution in [0.1, 0.15) is 0 Å². The van der Waals surface area contributed by atoms with Gasteiger partial charge in [-0.05, 0) is 0 Å². The van der Waals surface area contributed by atoms with E-state index in [1.807, 2.05) is 0 Å². The zero-order valence-electron chi connectivity index (χ0n) is 5.48. The van der Waals surface area contributed by atoms with Crippen molar-refractivity contribution in [2.45, 2.75) is 11.6 Å². The van der Waals surface area contributed by atoms with E-state index >= 15 is 0 Å². The van der Waals surface area contributed by atoms with Crippen LogP contribution in [0, 0.1) is 5.92 Å². The second-order valence-corrected chi connectivity index (χ2v) is 2.59. The molecule has 0 saturated heterocycles. The maximum atomic E-state index is 11.8. The number of alkyl halides is 4. The Hall–Kier alpha value is -0.0000000000000000555. The Morgan fingerprint density at radius 1 is 1.18 bits per heavy atom. The number of rotatable bonds is 3. The zero-order valence-corrected chi connectivity index (χ0v) is 6.23. The molecule has 2 N–H and O–H groups in total. The molecule has 0 aliphatic rings. The Morgan fingerprint density at radius 2 is 1.64 bits per heavy atom. The largest absolute Gasteiger partial charge is 0.396 e. The van der Waals surface area contributed by atoms with Crippen molar-refractivity contribution < 1.29 is 23.4 Å². The van der Waals surface area contributed by atoms with Gasteiger partial charge in [-0.25, -0.2) is 0 Å². The van der Waals surface area contributed by atoms with E-state index in [-0.39, 0.29) is 0 Å². The fourth-order valence-electron chi connectivity index (χ4n) is 0.550. The molecule has 2 nitrogen and oxygen atoms in total. The van der Waals surface area contributed by atoms with Gasteiger partial charge in [0.25, 0.3) is 0 Å². The Kier molecular flexibility index (Phi) is 4.13. The molecule has 0 aliphatic heterocycles. The third-order valence-corrected chi connectivity index (χ3v) is 1.67. The van der Waals surface area contributed by atoms with Crippen molar-refractivity contribution in [2.24, 2.45) is 5.92 Å². The molecule has 0 rings (SSSR count). The molecule has 2 unspecified atom stereocenters. The lowest BCUT2D eigenvalue weighted by Gasteiger charge is -2.20. The minimum atomic E-state index is -4.55. The van der Waals surface area contributed by atoms with E-state index in [1.54, 1.807) is 0 Å². The number of hydrogen-bond acceptors (Lipinski definition) is 2. The lowest BCUT2D eigenvalue weighted by molar-refractivity contribution is -0.185. The van der Waals surface area contributed by atoms with Crippen LogP contribution in [0.3, 0.4) is 0 Å². The molecule has 0 saturated carbocycles. The molecule has 0 spiro atoms. The summed E-state index contributed by atoms with van der Waals surface area (Å²) in [5.41, 5.74) is 0. The van der Waals surface area contributed by atoms with E-state index in [1.165, 1.54) is 0 Å². The van der Waals surface area contributed by atoms with Crippen LogP contribution in [0.15, 0.2) is 0 Å². The van der Waals surface area contributed by atoms with Crippen molar-refractivity contribution in [3.8, 4) is 0 Å². The molecule has 0 aromatic carbocycles. The molecule has 0 amide bonds. The van der Waals surface area contributed by atoms with E-state index in [9.17, 15) is 13.2 Å². The SMILES string of the molecule is OCC(Cl)C(CO)C(F)(F)F. The molecule has 0 heterocycles. The molecule has 0 aromatic rings. The highest BCUT2D eigenvalue weighted by molar-refractivity contribution is 6.21. The highest BCUT2D eigenvalue weighted by atomic mass is 35.5. The summed E-state index contributed by atoms with van der Waals surface area (Å²) >= 11 is 5.09. The monoisotopic (exact) mass is 192 g/mol. The van der Waals surface area contributed by atoms with E-state index in [2.05, 4.69) is 0 Å². The molecule has 68 valence electrons. The van der Waals surface area contributed by atoms with Gasteiger partial charge in [0.15, 0.2) is 0 Å². The summed E-state index contributed by atoms with van der Waals surface area (Å²) < 4.78 is 35.4. The molecule has 0 aromatic heterocycles. The first-order valence-corrected chi connectivity index (χ1v) is 3.29. The third kappa shape index (κ3) is 3.27. The molecule has 11 heavy (non-hydrogen) atoms. The highest BCUT2D eigenvalue weighted by Gasteiger charge is 2.43. The van der Waals surface area contributed by atoms with Gasteiger partial charge in [0.2, 0.25) is 0 Å². The molecular formula is C5H8ClF3O2. The van der Waals surface area contributed by atoms with Crippen molar-refractivity contribution in [3.63, 3.8) is 0 Å². The Labute approximate surface area is 66.6 Å². The van der Waals surface area contributed by atoms with Gasteiger partial charge >= 0.3 is 6.18 Å². The van der Waals surface area contributed by atoms with Crippen molar-refractivity contribution in [2.75, 3.05) is 13.2 Å². The van der Waals surface area contributed by atoms with Crippen molar-refractivity contribution >= 4 is 11.6 Å². The first-order valence-electron chi connectivity index (χ1n) is 2.86. The van der Waals surface area contributed by atoms with Crippen molar-refractivity contribution in [3.05, 3.63) is 0 Å². The molecule has 6 heteroatoms. The van der Waals surface area contributed by atoms with Crippen LogP contribution in [0.5, 0.6) is 0 Å². The summed E-state index contributed by atoms with van der Waals surface area (Å²) in [4.78, 5) is 0. The van der Waals surface area contributed by atoms with Gasteiger partial charge in [-0.3, -0.25) is 0 Å². The second-order valence-electron chi connectivity index (χ2n) is 2.03. The minimum absolute atomic E-state index is 0.799. The average Bonchev–Trinajstić information content (AvgIpc) is 1.86. The first-order chi connectivity index (χ1) is 4.93. The van der Waals surface area contributed by atoms with Gasteiger partial charge in [0.05, 0.1) is 24.5 Å². The molecule has 0 bridgehead atoms. The van der Waals surface area contributed by atoms with E-state index in [0.29, 0.717) is 0 Å². The summed E-state index contributed by atoms with van der Waals surface area (Å²) in [5, 5.41) is 15.0. The van der Waals surface area contributed by atoms with Gasteiger partial charge in [0, 0.05) is 0 Å². The fraction of sp³-hybridized carbons (Fsp3) is 1.00. The van der Waals surface area contributed by atoms with E-state index in [0.717, 1.165) is 0 Å². The second kappa shape index (κ2) is 4.13. The van der Waals surface area contributed by atoms with Crippen LogP contribution in [-0.2, 0) is 0 Å². The standard InChI is InChI=1S/C5H8ClF3O2/c6-4(2-11)3(1-10)5(7,8)9/h3-4,10-11H,1-2H2. The molecule has 0 radical (unpaired) electrons. The van der Waals surface area contributed by atoms with Crippen LogP contribution in [0.25, 0.3) is 0 Å². The quantitative estimate of drug-likeness (QED) is 0.648. The van der Waals surface area contributed by atoms with Gasteiger partial charge in [-0.1, -0.05) is 0 Å². The summed E-state index contributed by atoms with van der Waals surface area (Å²) in [6, 6.07) is 0. The van der Waals surface area contributed by atoms with Crippen molar-refractivity contribution in [1.29, 1.82) is 0 Å².